The Morgan fingerprint density at radius 1 is 1.17 bits per heavy atom. The number of hydrogen-bond donors (Lipinski definition) is 3. The number of aliphatic hydroxyl groups is 1. The van der Waals surface area contributed by atoms with E-state index in [0.717, 1.165) is 36.7 Å². The third-order valence-electron chi connectivity index (χ3n) is 5.31. The predicted molar refractivity (Wildman–Crippen MR) is 122 cm³/mol. The summed E-state index contributed by atoms with van der Waals surface area (Å²) < 4.78 is 0.844. The minimum absolute atomic E-state index is 0.0184. The summed E-state index contributed by atoms with van der Waals surface area (Å²) in [7, 11) is 7.93. The number of thiocarbonyl (C=S) groups is 1. The summed E-state index contributed by atoms with van der Waals surface area (Å²) in [5.74, 6) is -0.201. The van der Waals surface area contributed by atoms with Crippen LogP contribution in [0.3, 0.4) is 0 Å². The van der Waals surface area contributed by atoms with E-state index in [1.165, 1.54) is 18.6 Å². The molecular weight excluding hydrogens is 402 g/mol. The smallest absolute Gasteiger partial charge is 0.277 e. The molecule has 1 saturated heterocycles. The number of hydrogen-bond acceptors (Lipinski definition) is 5. The lowest BCUT2D eigenvalue weighted by Crippen LogP contribution is -2.41. The molecule has 0 atom stereocenters. The number of rotatable bonds is 4. The molecular formula is C22H34N3O4S+. The second-order valence-electron chi connectivity index (χ2n) is 8.82. The topological polar surface area (TPSA) is 84.2 Å². The number of aromatic hydroxyl groups is 2. The molecule has 1 saturated carbocycles. The van der Waals surface area contributed by atoms with Crippen LogP contribution in [0, 0.1) is 0 Å². The molecule has 2 aliphatic rings. The molecule has 0 unspecified atom stereocenters. The SMILES string of the molecule is CN1C(=S)N(C2CCCCC2)C(=O)C1=Cc1ccc(O)cc1O.C[N+](C)(C)CCO. The molecule has 2 fully saturated rings. The lowest BCUT2D eigenvalue weighted by Gasteiger charge is -2.30. The molecule has 3 rings (SSSR count). The minimum atomic E-state index is -0.114. The first-order chi connectivity index (χ1) is 14.0. The Bertz CT molecular complexity index is 798. The van der Waals surface area contributed by atoms with Crippen LogP contribution in [0.5, 0.6) is 11.5 Å². The zero-order valence-corrected chi connectivity index (χ0v) is 19.2. The van der Waals surface area contributed by atoms with Gasteiger partial charge in [-0.15, -0.1) is 0 Å². The Kier molecular flexibility index (Phi) is 8.23. The number of phenolic OH excluding ortho intramolecular Hbond substituents is 2. The van der Waals surface area contributed by atoms with Gasteiger partial charge in [0.05, 0.1) is 27.7 Å². The van der Waals surface area contributed by atoms with Crippen LogP contribution in [-0.2, 0) is 4.79 Å². The average molecular weight is 437 g/mol. The van der Waals surface area contributed by atoms with Gasteiger partial charge in [-0.2, -0.15) is 0 Å². The summed E-state index contributed by atoms with van der Waals surface area (Å²) in [5, 5.41) is 28.2. The summed E-state index contributed by atoms with van der Waals surface area (Å²) in [6.07, 6.45) is 7.05. The number of phenols is 2. The van der Waals surface area contributed by atoms with Crippen LogP contribution in [-0.4, -0.2) is 88.0 Å². The Morgan fingerprint density at radius 2 is 1.80 bits per heavy atom. The maximum absolute atomic E-state index is 12.8. The first-order valence-electron chi connectivity index (χ1n) is 10.3. The number of quaternary nitrogens is 1. The molecule has 1 amide bonds. The Hall–Kier alpha value is -2.16. The maximum atomic E-state index is 12.8. The van der Waals surface area contributed by atoms with Crippen molar-refractivity contribution in [3.63, 3.8) is 0 Å². The van der Waals surface area contributed by atoms with E-state index in [-0.39, 0.29) is 30.1 Å². The maximum Gasteiger partial charge on any atom is 0.277 e. The van der Waals surface area contributed by atoms with E-state index in [9.17, 15) is 15.0 Å². The van der Waals surface area contributed by atoms with Crippen molar-refractivity contribution in [2.24, 2.45) is 0 Å². The van der Waals surface area contributed by atoms with E-state index in [4.69, 9.17) is 17.3 Å². The third kappa shape index (κ3) is 6.17. The van der Waals surface area contributed by atoms with Crippen molar-refractivity contribution < 1.29 is 24.6 Å². The van der Waals surface area contributed by atoms with E-state index in [2.05, 4.69) is 21.1 Å². The van der Waals surface area contributed by atoms with Crippen molar-refractivity contribution in [1.82, 2.24) is 9.80 Å². The standard InChI is InChI=1S/C17H20N2O3S.C5H14NO/c1-18-14(9-11-7-8-13(20)10-15(11)21)16(22)19(17(18)23)12-5-3-2-4-6-12;1-6(2,3)4-5-7/h7-10,12,20-21H,2-6H2,1H3;7H,4-5H2,1-3H3/q;+1. The van der Waals surface area contributed by atoms with Crippen molar-refractivity contribution in [2.75, 3.05) is 41.3 Å². The van der Waals surface area contributed by atoms with Gasteiger partial charge in [0.1, 0.15) is 23.7 Å². The molecule has 8 heteroatoms. The molecule has 30 heavy (non-hydrogen) atoms. The first-order valence-corrected chi connectivity index (χ1v) is 10.7. The zero-order chi connectivity index (χ0) is 22.5. The van der Waals surface area contributed by atoms with Gasteiger partial charge >= 0.3 is 0 Å². The number of nitrogens with zero attached hydrogens (tertiary/aromatic N) is 3. The highest BCUT2D eigenvalue weighted by Gasteiger charge is 2.40. The van der Waals surface area contributed by atoms with Gasteiger partial charge < -0.3 is 24.7 Å². The van der Waals surface area contributed by atoms with Crippen LogP contribution in [0.15, 0.2) is 23.9 Å². The Labute approximate surface area is 184 Å². The normalized spacial score (nSPS) is 19.3. The molecule has 1 heterocycles. The average Bonchev–Trinajstić information content (AvgIpc) is 2.87. The van der Waals surface area contributed by atoms with Crippen LogP contribution in [0.25, 0.3) is 6.08 Å². The largest absolute Gasteiger partial charge is 0.508 e. The second-order valence-corrected chi connectivity index (χ2v) is 9.18. The summed E-state index contributed by atoms with van der Waals surface area (Å²) in [5.41, 5.74) is 0.924. The number of amides is 1. The summed E-state index contributed by atoms with van der Waals surface area (Å²) in [4.78, 5) is 16.2. The molecule has 7 nitrogen and oxygen atoms in total. The number of benzene rings is 1. The quantitative estimate of drug-likeness (QED) is 0.382. The monoisotopic (exact) mass is 436 g/mol. The van der Waals surface area contributed by atoms with Crippen LogP contribution in [0.4, 0.5) is 0 Å². The van der Waals surface area contributed by atoms with Gasteiger partial charge in [0, 0.05) is 24.7 Å². The van der Waals surface area contributed by atoms with Gasteiger partial charge in [0.25, 0.3) is 5.91 Å². The van der Waals surface area contributed by atoms with Crippen molar-refractivity contribution in [3.05, 3.63) is 29.5 Å². The number of carbonyl (C=O) groups excluding carboxylic acids is 1. The molecule has 1 aromatic rings. The van der Waals surface area contributed by atoms with Crippen LogP contribution >= 0.6 is 12.2 Å². The fraction of sp³-hybridized carbons (Fsp3) is 0.545. The Balaban J connectivity index is 0.000000396. The summed E-state index contributed by atoms with van der Waals surface area (Å²) in [6.45, 7) is 1.11. The van der Waals surface area contributed by atoms with Gasteiger partial charge in [-0.05, 0) is 43.3 Å². The third-order valence-corrected chi connectivity index (χ3v) is 5.78. The van der Waals surface area contributed by atoms with Gasteiger partial charge in [-0.25, -0.2) is 0 Å². The summed E-state index contributed by atoms with van der Waals surface area (Å²) >= 11 is 5.46. The molecule has 0 radical (unpaired) electrons. The Morgan fingerprint density at radius 3 is 2.30 bits per heavy atom. The summed E-state index contributed by atoms with van der Waals surface area (Å²) in [6, 6.07) is 4.47. The van der Waals surface area contributed by atoms with Gasteiger partial charge in [0.15, 0.2) is 5.11 Å². The van der Waals surface area contributed by atoms with Gasteiger partial charge in [-0.3, -0.25) is 9.69 Å². The van der Waals surface area contributed by atoms with Gasteiger partial charge in [-0.1, -0.05) is 19.3 Å². The lowest BCUT2D eigenvalue weighted by molar-refractivity contribution is -0.870. The lowest BCUT2D eigenvalue weighted by atomic mass is 9.94. The fourth-order valence-electron chi connectivity index (χ4n) is 3.54. The van der Waals surface area contributed by atoms with Crippen molar-refractivity contribution in [3.8, 4) is 11.5 Å². The van der Waals surface area contributed by atoms with E-state index in [1.54, 1.807) is 29.0 Å². The van der Waals surface area contributed by atoms with Gasteiger partial charge in [0.2, 0.25) is 0 Å². The predicted octanol–water partition coefficient (Wildman–Crippen LogP) is 2.52. The van der Waals surface area contributed by atoms with E-state index >= 15 is 0 Å². The minimum Gasteiger partial charge on any atom is -0.508 e. The molecule has 1 aliphatic heterocycles. The van der Waals surface area contributed by atoms with Crippen molar-refractivity contribution in [2.45, 2.75) is 38.1 Å². The molecule has 0 bridgehead atoms. The highest BCUT2D eigenvalue weighted by molar-refractivity contribution is 7.80. The highest BCUT2D eigenvalue weighted by Crippen LogP contribution is 2.32. The number of likely N-dealkylation sites (N-methyl/N-ethyl adjacent to an activating group) is 2. The van der Waals surface area contributed by atoms with Crippen LogP contribution in [0.2, 0.25) is 0 Å². The fourth-order valence-corrected chi connectivity index (χ4v) is 3.87. The first kappa shape index (κ1) is 24.1. The number of aliphatic hydroxyl groups excluding tert-OH is 1. The van der Waals surface area contributed by atoms with Crippen LogP contribution < -0.4 is 0 Å². The van der Waals surface area contributed by atoms with E-state index in [0.29, 0.717) is 16.4 Å². The molecule has 0 spiro atoms. The van der Waals surface area contributed by atoms with E-state index in [1.807, 2.05) is 0 Å². The second kappa shape index (κ2) is 10.2. The molecule has 0 aromatic heterocycles. The molecule has 1 aromatic carbocycles. The zero-order valence-electron chi connectivity index (χ0n) is 18.3. The number of carbonyl (C=O) groups is 1. The molecule has 3 N–H and O–H groups in total. The molecule has 166 valence electrons. The van der Waals surface area contributed by atoms with Crippen molar-refractivity contribution in [1.29, 1.82) is 0 Å². The highest BCUT2D eigenvalue weighted by atomic mass is 32.1. The van der Waals surface area contributed by atoms with Crippen molar-refractivity contribution >= 4 is 29.3 Å². The van der Waals surface area contributed by atoms with Crippen LogP contribution in [0.1, 0.15) is 37.7 Å². The molecule has 1 aliphatic carbocycles. The van der Waals surface area contributed by atoms with E-state index < -0.39 is 0 Å².